The number of amides is 1. The largest absolute Gasteiger partial charge is 0.372 e. The summed E-state index contributed by atoms with van der Waals surface area (Å²) < 4.78 is 1.92. The smallest absolute Gasteiger partial charge is 0.222 e. The van der Waals surface area contributed by atoms with E-state index in [2.05, 4.69) is 20.2 Å². The molecule has 2 aromatic rings. The summed E-state index contributed by atoms with van der Waals surface area (Å²) in [5.74, 6) is 1.21. The van der Waals surface area contributed by atoms with Crippen LogP contribution in [0.5, 0.6) is 0 Å². The number of hydrogen-bond acceptors (Lipinski definition) is 5. The fourth-order valence-electron chi connectivity index (χ4n) is 2.43. The van der Waals surface area contributed by atoms with Gasteiger partial charge in [0.25, 0.3) is 0 Å². The Kier molecular flexibility index (Phi) is 2.73. The summed E-state index contributed by atoms with van der Waals surface area (Å²) in [4.78, 5) is 22.2. The number of hydrogen-bond donors (Lipinski definition) is 2. The van der Waals surface area contributed by atoms with E-state index in [1.54, 1.807) is 6.20 Å². The molecule has 100 valence electrons. The summed E-state index contributed by atoms with van der Waals surface area (Å²) in [5, 5.41) is 3.03. The highest BCUT2D eigenvalue weighted by molar-refractivity contribution is 5.79. The molecule has 3 heterocycles. The van der Waals surface area contributed by atoms with Crippen LogP contribution >= 0.6 is 0 Å². The van der Waals surface area contributed by atoms with Crippen LogP contribution in [0, 0.1) is 5.92 Å². The van der Waals surface area contributed by atoms with Crippen LogP contribution in [0.25, 0.3) is 5.65 Å². The van der Waals surface area contributed by atoms with Gasteiger partial charge in [-0.3, -0.25) is 4.79 Å². The number of nitrogens with one attached hydrogen (secondary N) is 1. The van der Waals surface area contributed by atoms with Crippen LogP contribution < -0.4 is 16.0 Å². The first-order valence-electron chi connectivity index (χ1n) is 6.25. The first-order valence-corrected chi connectivity index (χ1v) is 6.25. The van der Waals surface area contributed by atoms with Gasteiger partial charge >= 0.3 is 0 Å². The Morgan fingerprint density at radius 1 is 1.58 bits per heavy atom. The number of rotatable bonds is 3. The lowest BCUT2D eigenvalue weighted by molar-refractivity contribution is -0.121. The molecule has 0 aromatic carbocycles. The SMILES string of the molecule is CNc1cn2ccnc2c(N2CCC(C(N)=O)C2)n1. The van der Waals surface area contributed by atoms with Gasteiger partial charge in [0, 0.05) is 32.5 Å². The highest BCUT2D eigenvalue weighted by atomic mass is 16.1. The molecule has 1 aliphatic rings. The summed E-state index contributed by atoms with van der Waals surface area (Å²) >= 11 is 0. The molecule has 1 atom stereocenters. The van der Waals surface area contributed by atoms with E-state index in [9.17, 15) is 4.79 Å². The Labute approximate surface area is 110 Å². The summed E-state index contributed by atoms with van der Waals surface area (Å²) in [7, 11) is 1.82. The normalized spacial score (nSPS) is 19.0. The molecule has 3 N–H and O–H groups in total. The number of aromatic nitrogens is 3. The molecule has 3 rings (SSSR count). The second-order valence-corrected chi connectivity index (χ2v) is 4.69. The van der Waals surface area contributed by atoms with E-state index in [1.807, 2.05) is 23.8 Å². The maximum Gasteiger partial charge on any atom is 0.222 e. The third-order valence-electron chi connectivity index (χ3n) is 3.50. The zero-order chi connectivity index (χ0) is 13.4. The molecule has 0 bridgehead atoms. The summed E-state index contributed by atoms with van der Waals surface area (Å²) in [5.41, 5.74) is 6.16. The molecule has 1 unspecified atom stereocenters. The van der Waals surface area contributed by atoms with E-state index in [-0.39, 0.29) is 11.8 Å². The number of imidazole rings is 1. The van der Waals surface area contributed by atoms with Crippen molar-refractivity contribution in [2.75, 3.05) is 30.4 Å². The third kappa shape index (κ3) is 1.96. The minimum Gasteiger partial charge on any atom is -0.372 e. The molecule has 2 aromatic heterocycles. The number of anilines is 2. The van der Waals surface area contributed by atoms with Crippen molar-refractivity contribution >= 4 is 23.2 Å². The molecule has 7 heteroatoms. The molecular weight excluding hydrogens is 244 g/mol. The lowest BCUT2D eigenvalue weighted by atomic mass is 10.1. The van der Waals surface area contributed by atoms with Crippen molar-refractivity contribution in [2.24, 2.45) is 11.7 Å². The molecule has 19 heavy (non-hydrogen) atoms. The highest BCUT2D eigenvalue weighted by Gasteiger charge is 2.29. The molecular formula is C12H16N6O. The zero-order valence-corrected chi connectivity index (χ0v) is 10.7. The van der Waals surface area contributed by atoms with Crippen LogP contribution in [0.3, 0.4) is 0 Å². The van der Waals surface area contributed by atoms with Gasteiger partial charge in [0.2, 0.25) is 5.91 Å². The minimum absolute atomic E-state index is 0.102. The monoisotopic (exact) mass is 260 g/mol. The molecule has 1 aliphatic heterocycles. The molecule has 7 nitrogen and oxygen atoms in total. The van der Waals surface area contributed by atoms with Crippen molar-refractivity contribution in [1.82, 2.24) is 14.4 Å². The maximum atomic E-state index is 11.3. The van der Waals surface area contributed by atoms with Crippen molar-refractivity contribution in [2.45, 2.75) is 6.42 Å². The molecule has 0 saturated carbocycles. The highest BCUT2D eigenvalue weighted by Crippen LogP contribution is 2.26. The fourth-order valence-corrected chi connectivity index (χ4v) is 2.43. The molecule has 0 aliphatic carbocycles. The number of carbonyl (C=O) groups is 1. The number of carbonyl (C=O) groups excluding carboxylic acids is 1. The molecule has 0 radical (unpaired) electrons. The van der Waals surface area contributed by atoms with Gasteiger partial charge in [0.05, 0.1) is 12.1 Å². The summed E-state index contributed by atoms with van der Waals surface area (Å²) in [6.07, 6.45) is 6.27. The van der Waals surface area contributed by atoms with Gasteiger partial charge in [0.15, 0.2) is 11.5 Å². The Morgan fingerprint density at radius 3 is 3.11 bits per heavy atom. The van der Waals surface area contributed by atoms with Crippen LogP contribution in [-0.4, -0.2) is 40.4 Å². The van der Waals surface area contributed by atoms with E-state index in [0.717, 1.165) is 30.2 Å². The zero-order valence-electron chi connectivity index (χ0n) is 10.7. The predicted molar refractivity (Wildman–Crippen MR) is 72.0 cm³/mol. The van der Waals surface area contributed by atoms with Crippen LogP contribution in [0.2, 0.25) is 0 Å². The molecule has 1 saturated heterocycles. The van der Waals surface area contributed by atoms with Crippen LogP contribution in [0.4, 0.5) is 11.6 Å². The van der Waals surface area contributed by atoms with Gasteiger partial charge in [-0.15, -0.1) is 0 Å². The lowest BCUT2D eigenvalue weighted by Crippen LogP contribution is -2.28. The van der Waals surface area contributed by atoms with Gasteiger partial charge in [-0.05, 0) is 6.42 Å². The number of primary amides is 1. The summed E-state index contributed by atoms with van der Waals surface area (Å²) in [6.45, 7) is 1.38. The van der Waals surface area contributed by atoms with E-state index < -0.39 is 0 Å². The van der Waals surface area contributed by atoms with Gasteiger partial charge in [-0.25, -0.2) is 9.97 Å². The lowest BCUT2D eigenvalue weighted by Gasteiger charge is -2.18. The average molecular weight is 260 g/mol. The molecule has 1 fully saturated rings. The second-order valence-electron chi connectivity index (χ2n) is 4.69. The Bertz CT molecular complexity index is 622. The van der Waals surface area contributed by atoms with E-state index in [1.165, 1.54) is 0 Å². The van der Waals surface area contributed by atoms with Crippen molar-refractivity contribution in [3.63, 3.8) is 0 Å². The van der Waals surface area contributed by atoms with Crippen molar-refractivity contribution in [3.05, 3.63) is 18.6 Å². The van der Waals surface area contributed by atoms with Crippen LogP contribution in [0.1, 0.15) is 6.42 Å². The predicted octanol–water partition coefficient (Wildman–Crippen LogP) is 0.0826. The van der Waals surface area contributed by atoms with Crippen LogP contribution in [0.15, 0.2) is 18.6 Å². The van der Waals surface area contributed by atoms with Gasteiger partial charge in [-0.1, -0.05) is 0 Å². The van der Waals surface area contributed by atoms with E-state index in [4.69, 9.17) is 5.73 Å². The fraction of sp³-hybridized carbons (Fsp3) is 0.417. The van der Waals surface area contributed by atoms with Crippen molar-refractivity contribution < 1.29 is 4.79 Å². The van der Waals surface area contributed by atoms with Crippen molar-refractivity contribution in [1.29, 1.82) is 0 Å². The third-order valence-corrected chi connectivity index (χ3v) is 3.50. The van der Waals surface area contributed by atoms with Crippen LogP contribution in [-0.2, 0) is 4.79 Å². The van der Waals surface area contributed by atoms with Gasteiger partial charge in [-0.2, -0.15) is 0 Å². The first-order chi connectivity index (χ1) is 9.19. The van der Waals surface area contributed by atoms with Gasteiger partial charge < -0.3 is 20.4 Å². The maximum absolute atomic E-state index is 11.3. The van der Waals surface area contributed by atoms with E-state index in [0.29, 0.717) is 6.54 Å². The minimum atomic E-state index is -0.244. The number of fused-ring (bicyclic) bond motifs is 1. The quantitative estimate of drug-likeness (QED) is 0.816. The average Bonchev–Trinajstić information content (AvgIpc) is 3.06. The Balaban J connectivity index is 2.00. The number of nitrogens with two attached hydrogens (primary N) is 1. The Hall–Kier alpha value is -2.31. The molecule has 0 spiro atoms. The van der Waals surface area contributed by atoms with E-state index >= 15 is 0 Å². The first kappa shape index (κ1) is 11.8. The summed E-state index contributed by atoms with van der Waals surface area (Å²) in [6, 6.07) is 0. The van der Waals surface area contributed by atoms with Crippen molar-refractivity contribution in [3.8, 4) is 0 Å². The second kappa shape index (κ2) is 4.42. The number of nitrogens with zero attached hydrogens (tertiary/aromatic N) is 4. The topological polar surface area (TPSA) is 88.5 Å². The standard InChI is InChI=1S/C12H16N6O/c1-14-9-7-18-5-3-15-11(18)12(16-9)17-4-2-8(6-17)10(13)19/h3,5,7-8,14H,2,4,6H2,1H3,(H2,13,19). The molecule has 1 amide bonds. The Morgan fingerprint density at radius 2 is 2.42 bits per heavy atom. The van der Waals surface area contributed by atoms with Gasteiger partial charge in [0.1, 0.15) is 5.82 Å².